The lowest BCUT2D eigenvalue weighted by Gasteiger charge is -2.35. The fraction of sp³-hybridized carbons (Fsp3) is 0.560. The number of rotatable bonds is 9. The minimum atomic E-state index is -0.184. The third-order valence-corrected chi connectivity index (χ3v) is 6.60. The molecule has 2 saturated heterocycles. The predicted octanol–water partition coefficient (Wildman–Crippen LogP) is 1.05. The summed E-state index contributed by atoms with van der Waals surface area (Å²) in [5.74, 6) is 1.28. The van der Waals surface area contributed by atoms with Gasteiger partial charge in [-0.05, 0) is 31.0 Å². The van der Waals surface area contributed by atoms with Crippen LogP contribution in [0.2, 0.25) is 0 Å². The van der Waals surface area contributed by atoms with Gasteiger partial charge in [0.15, 0.2) is 0 Å². The Balaban J connectivity index is 1.36. The Kier molecular flexibility index (Phi) is 8.73. The highest BCUT2D eigenvalue weighted by atomic mass is 16.5. The summed E-state index contributed by atoms with van der Waals surface area (Å²) in [5.41, 5.74) is 2.14. The number of hydrogen-bond acceptors (Lipinski definition) is 8. The van der Waals surface area contributed by atoms with Crippen molar-refractivity contribution in [3.63, 3.8) is 0 Å². The summed E-state index contributed by atoms with van der Waals surface area (Å²) in [6.07, 6.45) is 0.565. The molecule has 2 aliphatic heterocycles. The molecule has 1 aromatic heterocycles. The topological polar surface area (TPSA) is 109 Å². The Hall–Kier alpha value is -2.95. The second kappa shape index (κ2) is 12.1. The first-order chi connectivity index (χ1) is 17.0. The van der Waals surface area contributed by atoms with Gasteiger partial charge in [-0.1, -0.05) is 12.1 Å². The summed E-state index contributed by atoms with van der Waals surface area (Å²) >= 11 is 0. The standard InChI is InChI=1S/C25H35N5O5/c1-18-21(24(32)28-25(27-18)30-11-15-35-16-12-30)7-8-23(31)26-17-22(29-9-13-34-14-10-29)19-3-5-20(33-2)6-4-19/h3-6,22H,7-17H2,1-2H3,(H,26,31)(H,27,28,32)/t22-/m1/s1. The van der Waals surface area contributed by atoms with Crippen molar-refractivity contribution in [3.05, 3.63) is 51.4 Å². The van der Waals surface area contributed by atoms with E-state index in [0.717, 1.165) is 24.4 Å². The molecule has 4 rings (SSSR count). The zero-order valence-corrected chi connectivity index (χ0v) is 20.5. The largest absolute Gasteiger partial charge is 0.497 e. The normalized spacial score (nSPS) is 17.7. The number of methoxy groups -OCH3 is 1. The highest BCUT2D eigenvalue weighted by Gasteiger charge is 2.23. The fourth-order valence-corrected chi connectivity index (χ4v) is 4.53. The molecule has 0 unspecified atom stereocenters. The van der Waals surface area contributed by atoms with Gasteiger partial charge >= 0.3 is 0 Å². The lowest BCUT2D eigenvalue weighted by Crippen LogP contribution is -2.43. The lowest BCUT2D eigenvalue weighted by atomic mass is 10.0. The molecule has 1 amide bonds. The van der Waals surface area contributed by atoms with Gasteiger partial charge in [0.05, 0.1) is 39.6 Å². The molecule has 10 nitrogen and oxygen atoms in total. The number of aromatic amines is 1. The molecule has 10 heteroatoms. The Bertz CT molecular complexity index is 1030. The molecule has 0 bridgehead atoms. The Morgan fingerprint density at radius 1 is 1.11 bits per heavy atom. The number of ether oxygens (including phenoxy) is 3. The van der Waals surface area contributed by atoms with Crippen LogP contribution >= 0.6 is 0 Å². The van der Waals surface area contributed by atoms with E-state index < -0.39 is 0 Å². The predicted molar refractivity (Wildman–Crippen MR) is 132 cm³/mol. The molecule has 2 aliphatic rings. The van der Waals surface area contributed by atoms with Crippen LogP contribution in [0.5, 0.6) is 5.75 Å². The summed E-state index contributed by atoms with van der Waals surface area (Å²) < 4.78 is 16.2. The first-order valence-corrected chi connectivity index (χ1v) is 12.2. The first-order valence-electron chi connectivity index (χ1n) is 12.2. The number of anilines is 1. The molecule has 1 atom stereocenters. The smallest absolute Gasteiger partial charge is 0.255 e. The van der Waals surface area contributed by atoms with Gasteiger partial charge in [-0.25, -0.2) is 4.98 Å². The summed E-state index contributed by atoms with van der Waals surface area (Å²) in [6.45, 7) is 7.90. The second-order valence-electron chi connectivity index (χ2n) is 8.79. The minimum absolute atomic E-state index is 0.0355. The van der Waals surface area contributed by atoms with Gasteiger partial charge in [0.2, 0.25) is 11.9 Å². The fourth-order valence-electron chi connectivity index (χ4n) is 4.53. The molecule has 0 aliphatic carbocycles. The van der Waals surface area contributed by atoms with Gasteiger partial charge in [0.25, 0.3) is 5.56 Å². The Labute approximate surface area is 205 Å². The number of nitrogens with one attached hydrogen (secondary N) is 2. The van der Waals surface area contributed by atoms with Crippen LogP contribution in [0.1, 0.15) is 29.3 Å². The van der Waals surface area contributed by atoms with Crippen LogP contribution in [0.3, 0.4) is 0 Å². The number of aryl methyl sites for hydroxylation is 1. The van der Waals surface area contributed by atoms with Crippen molar-refractivity contribution in [2.75, 3.05) is 71.2 Å². The van der Waals surface area contributed by atoms with Crippen LogP contribution in [0, 0.1) is 6.92 Å². The highest BCUT2D eigenvalue weighted by molar-refractivity contribution is 5.76. The number of carbonyl (C=O) groups excluding carboxylic acids is 1. The van der Waals surface area contributed by atoms with Crippen molar-refractivity contribution >= 4 is 11.9 Å². The van der Waals surface area contributed by atoms with E-state index in [9.17, 15) is 9.59 Å². The molecule has 0 spiro atoms. The monoisotopic (exact) mass is 485 g/mol. The van der Waals surface area contributed by atoms with E-state index in [1.807, 2.05) is 36.1 Å². The number of nitrogens with zero attached hydrogens (tertiary/aromatic N) is 3. The van der Waals surface area contributed by atoms with Gasteiger partial charge in [0.1, 0.15) is 5.75 Å². The highest BCUT2D eigenvalue weighted by Crippen LogP contribution is 2.23. The van der Waals surface area contributed by atoms with Crippen molar-refractivity contribution in [3.8, 4) is 5.75 Å². The lowest BCUT2D eigenvalue weighted by molar-refractivity contribution is -0.121. The van der Waals surface area contributed by atoms with Crippen molar-refractivity contribution < 1.29 is 19.0 Å². The average molecular weight is 486 g/mol. The summed E-state index contributed by atoms with van der Waals surface area (Å²) in [5, 5.41) is 3.07. The van der Waals surface area contributed by atoms with Crippen molar-refractivity contribution in [2.45, 2.75) is 25.8 Å². The Morgan fingerprint density at radius 3 is 2.40 bits per heavy atom. The number of aromatic nitrogens is 2. The van der Waals surface area contributed by atoms with Crippen LogP contribution in [0.15, 0.2) is 29.1 Å². The maximum Gasteiger partial charge on any atom is 0.255 e. The zero-order valence-electron chi connectivity index (χ0n) is 20.5. The maximum absolute atomic E-state index is 12.7. The Morgan fingerprint density at radius 2 is 1.77 bits per heavy atom. The molecule has 2 aromatic rings. The minimum Gasteiger partial charge on any atom is -0.497 e. The van der Waals surface area contributed by atoms with Crippen molar-refractivity contribution in [1.82, 2.24) is 20.2 Å². The van der Waals surface area contributed by atoms with Gasteiger partial charge in [-0.15, -0.1) is 0 Å². The molecule has 1 aromatic carbocycles. The molecule has 0 radical (unpaired) electrons. The zero-order chi connectivity index (χ0) is 24.6. The molecular formula is C25H35N5O5. The summed E-state index contributed by atoms with van der Waals surface area (Å²) in [6, 6.07) is 7.99. The third kappa shape index (κ3) is 6.59. The molecule has 35 heavy (non-hydrogen) atoms. The van der Waals surface area contributed by atoms with Crippen LogP contribution in [0.25, 0.3) is 0 Å². The van der Waals surface area contributed by atoms with E-state index in [2.05, 4.69) is 20.2 Å². The summed E-state index contributed by atoms with van der Waals surface area (Å²) in [4.78, 5) is 37.3. The van der Waals surface area contributed by atoms with Crippen LogP contribution in [-0.4, -0.2) is 87.0 Å². The van der Waals surface area contributed by atoms with Crippen molar-refractivity contribution in [1.29, 1.82) is 0 Å². The number of amides is 1. The molecule has 190 valence electrons. The SMILES string of the molecule is COc1ccc([C@@H](CNC(=O)CCc2c(C)nc(N3CCOCC3)[nH]c2=O)N2CCOCC2)cc1. The summed E-state index contributed by atoms with van der Waals surface area (Å²) in [7, 11) is 1.65. The maximum atomic E-state index is 12.7. The van der Waals surface area contributed by atoms with E-state index in [-0.39, 0.29) is 23.9 Å². The number of carbonyl (C=O) groups is 1. The van der Waals surface area contributed by atoms with Gasteiger partial charge in [-0.2, -0.15) is 0 Å². The number of hydrogen-bond donors (Lipinski definition) is 2. The van der Waals surface area contributed by atoms with Gasteiger partial charge < -0.3 is 24.4 Å². The second-order valence-corrected chi connectivity index (χ2v) is 8.79. The first kappa shape index (κ1) is 25.2. The van der Waals surface area contributed by atoms with E-state index in [1.54, 1.807) is 7.11 Å². The average Bonchev–Trinajstić information content (AvgIpc) is 2.89. The van der Waals surface area contributed by atoms with Crippen LogP contribution in [0.4, 0.5) is 5.95 Å². The van der Waals surface area contributed by atoms with E-state index in [0.29, 0.717) is 69.7 Å². The van der Waals surface area contributed by atoms with E-state index in [4.69, 9.17) is 14.2 Å². The van der Waals surface area contributed by atoms with Crippen molar-refractivity contribution in [2.24, 2.45) is 0 Å². The molecule has 3 heterocycles. The van der Waals surface area contributed by atoms with E-state index in [1.165, 1.54) is 0 Å². The molecule has 0 saturated carbocycles. The quantitative estimate of drug-likeness (QED) is 0.543. The van der Waals surface area contributed by atoms with Gasteiger partial charge in [-0.3, -0.25) is 19.5 Å². The number of benzene rings is 1. The van der Waals surface area contributed by atoms with E-state index >= 15 is 0 Å². The molecule has 2 fully saturated rings. The molecular weight excluding hydrogens is 450 g/mol. The number of H-pyrrole nitrogens is 1. The van der Waals surface area contributed by atoms with Crippen LogP contribution < -0.4 is 20.5 Å². The van der Waals surface area contributed by atoms with Crippen LogP contribution in [-0.2, 0) is 20.7 Å². The molecule has 2 N–H and O–H groups in total. The van der Waals surface area contributed by atoms with Gasteiger partial charge in [0, 0.05) is 50.4 Å². The third-order valence-electron chi connectivity index (χ3n) is 6.60. The number of morpholine rings is 2.